The maximum atomic E-state index is 12.6. The van der Waals surface area contributed by atoms with Crippen molar-refractivity contribution in [3.8, 4) is 0 Å². The van der Waals surface area contributed by atoms with Crippen LogP contribution >= 0.6 is 23.2 Å². The molecule has 0 saturated heterocycles. The fourth-order valence-electron chi connectivity index (χ4n) is 2.78. The van der Waals surface area contributed by atoms with E-state index < -0.39 is 23.9 Å². The lowest BCUT2D eigenvalue weighted by Crippen LogP contribution is -2.45. The Bertz CT molecular complexity index is 916. The summed E-state index contributed by atoms with van der Waals surface area (Å²) in [5.74, 6) is -1.39. The lowest BCUT2D eigenvalue weighted by atomic mass is 9.98. The summed E-state index contributed by atoms with van der Waals surface area (Å²) in [6.45, 7) is -0.200. The van der Waals surface area contributed by atoms with Gasteiger partial charge in [0.05, 0.1) is 22.2 Å². The van der Waals surface area contributed by atoms with Gasteiger partial charge in [0.1, 0.15) is 0 Å². The first-order valence-electron chi connectivity index (χ1n) is 8.14. The zero-order chi connectivity index (χ0) is 19.6. The smallest absolute Gasteiger partial charge is 0.339 e. The number of halogens is 2. The number of hydrogen-bond donors (Lipinski definition) is 1. The van der Waals surface area contributed by atoms with Crippen molar-refractivity contribution >= 4 is 46.7 Å². The van der Waals surface area contributed by atoms with Gasteiger partial charge in [-0.15, -0.1) is 0 Å². The molecular formula is C19H16Cl2N2O4. The molecule has 2 aromatic carbocycles. The molecule has 6 nitrogen and oxygen atoms in total. The molecule has 0 saturated carbocycles. The summed E-state index contributed by atoms with van der Waals surface area (Å²) in [5.41, 5.74) is 1.68. The van der Waals surface area contributed by atoms with Crippen LogP contribution in [0, 0.1) is 0 Å². The summed E-state index contributed by atoms with van der Waals surface area (Å²) in [5, 5.41) is 3.33. The molecule has 0 radical (unpaired) electrons. The number of cyclic esters (lactones) is 1. The van der Waals surface area contributed by atoms with Gasteiger partial charge in [0.25, 0.3) is 5.91 Å². The number of hydrogen-bond acceptors (Lipinski definition) is 4. The first-order chi connectivity index (χ1) is 12.8. The maximum absolute atomic E-state index is 12.6. The summed E-state index contributed by atoms with van der Waals surface area (Å²) < 4.78 is 5.23. The molecule has 3 rings (SSSR count). The van der Waals surface area contributed by atoms with Crippen LogP contribution in [0.1, 0.15) is 15.9 Å². The topological polar surface area (TPSA) is 75.7 Å². The normalized spacial score (nSPS) is 15.5. The minimum atomic E-state index is -0.949. The molecular weight excluding hydrogens is 391 g/mol. The molecule has 8 heteroatoms. The van der Waals surface area contributed by atoms with E-state index >= 15 is 0 Å². The summed E-state index contributed by atoms with van der Waals surface area (Å²) in [6.07, 6.45) is -0.672. The van der Waals surface area contributed by atoms with Crippen molar-refractivity contribution in [3.63, 3.8) is 0 Å². The van der Waals surface area contributed by atoms with Gasteiger partial charge in [-0.1, -0.05) is 41.4 Å². The highest BCUT2D eigenvalue weighted by atomic mass is 35.5. The molecule has 1 aliphatic rings. The standard InChI is InChI=1S/C19H16Cl2N2O4/c1-23(10-17(24)22-12-6-7-14(20)15(21)9-12)18(25)16-8-11-4-2-3-5-13(11)19(26)27-16/h2-7,9,16H,8,10H2,1H3,(H,22,24). The van der Waals surface area contributed by atoms with Gasteiger partial charge in [-0.05, 0) is 29.8 Å². The average molecular weight is 407 g/mol. The van der Waals surface area contributed by atoms with E-state index in [4.69, 9.17) is 27.9 Å². The zero-order valence-electron chi connectivity index (χ0n) is 14.4. The molecule has 0 aromatic heterocycles. The third kappa shape index (κ3) is 4.40. The number of carbonyl (C=O) groups excluding carboxylic acids is 3. The number of nitrogens with zero attached hydrogens (tertiary/aromatic N) is 1. The van der Waals surface area contributed by atoms with Gasteiger partial charge >= 0.3 is 5.97 Å². The Labute approximate surface area is 166 Å². The number of rotatable bonds is 4. The fourth-order valence-corrected chi connectivity index (χ4v) is 3.08. The Balaban J connectivity index is 1.61. The number of nitrogens with one attached hydrogen (secondary N) is 1. The van der Waals surface area contributed by atoms with Crippen molar-refractivity contribution < 1.29 is 19.1 Å². The quantitative estimate of drug-likeness (QED) is 0.791. The molecule has 0 aliphatic carbocycles. The van der Waals surface area contributed by atoms with E-state index in [2.05, 4.69) is 5.32 Å². The predicted octanol–water partition coefficient (Wildman–Crippen LogP) is 3.17. The van der Waals surface area contributed by atoms with Gasteiger partial charge in [0.2, 0.25) is 5.91 Å². The lowest BCUT2D eigenvalue weighted by Gasteiger charge is -2.27. The van der Waals surface area contributed by atoms with Crippen LogP contribution in [0.25, 0.3) is 0 Å². The van der Waals surface area contributed by atoms with Crippen molar-refractivity contribution in [1.29, 1.82) is 0 Å². The molecule has 1 heterocycles. The minimum Gasteiger partial charge on any atom is -0.448 e. The van der Waals surface area contributed by atoms with Gasteiger partial charge < -0.3 is 15.0 Å². The highest BCUT2D eigenvalue weighted by molar-refractivity contribution is 6.42. The minimum absolute atomic E-state index is 0.200. The highest BCUT2D eigenvalue weighted by Crippen LogP contribution is 2.25. The number of benzene rings is 2. The van der Waals surface area contributed by atoms with Gasteiger partial charge in [-0.25, -0.2) is 4.79 Å². The Hall–Kier alpha value is -2.57. The number of fused-ring (bicyclic) bond motifs is 1. The number of carbonyl (C=O) groups is 3. The molecule has 0 bridgehead atoms. The van der Waals surface area contributed by atoms with E-state index in [1.54, 1.807) is 36.4 Å². The Morgan fingerprint density at radius 1 is 1.19 bits per heavy atom. The molecule has 2 aromatic rings. The van der Waals surface area contributed by atoms with E-state index in [1.807, 2.05) is 0 Å². The molecule has 2 amide bonds. The molecule has 0 fully saturated rings. The van der Waals surface area contributed by atoms with Crippen molar-refractivity contribution in [2.24, 2.45) is 0 Å². The lowest BCUT2D eigenvalue weighted by molar-refractivity contribution is -0.141. The number of amides is 2. The Morgan fingerprint density at radius 3 is 2.67 bits per heavy atom. The molecule has 0 spiro atoms. The molecule has 27 heavy (non-hydrogen) atoms. The van der Waals surface area contributed by atoms with E-state index in [0.717, 1.165) is 5.56 Å². The monoisotopic (exact) mass is 406 g/mol. The van der Waals surface area contributed by atoms with Crippen molar-refractivity contribution in [3.05, 3.63) is 63.6 Å². The SMILES string of the molecule is CN(CC(=O)Nc1ccc(Cl)c(Cl)c1)C(=O)C1Cc2ccccc2C(=O)O1. The largest absolute Gasteiger partial charge is 0.448 e. The van der Waals surface area contributed by atoms with E-state index in [0.29, 0.717) is 21.3 Å². The van der Waals surface area contributed by atoms with Crippen molar-refractivity contribution in [2.75, 3.05) is 18.9 Å². The summed E-state index contributed by atoms with van der Waals surface area (Å²) >= 11 is 11.8. The highest BCUT2D eigenvalue weighted by Gasteiger charge is 2.33. The average Bonchev–Trinajstić information content (AvgIpc) is 2.64. The van der Waals surface area contributed by atoms with Gasteiger partial charge in [-0.2, -0.15) is 0 Å². The predicted molar refractivity (Wildman–Crippen MR) is 102 cm³/mol. The number of ether oxygens (including phenoxy) is 1. The maximum Gasteiger partial charge on any atom is 0.339 e. The van der Waals surface area contributed by atoms with E-state index in [9.17, 15) is 14.4 Å². The van der Waals surface area contributed by atoms with Gasteiger partial charge in [0.15, 0.2) is 6.10 Å². The van der Waals surface area contributed by atoms with Crippen LogP contribution in [0.3, 0.4) is 0 Å². The molecule has 140 valence electrons. The van der Waals surface area contributed by atoms with Crippen LogP contribution in [0.5, 0.6) is 0 Å². The number of likely N-dealkylation sites (N-methyl/N-ethyl adjacent to an activating group) is 1. The van der Waals surface area contributed by atoms with Crippen molar-refractivity contribution in [2.45, 2.75) is 12.5 Å². The van der Waals surface area contributed by atoms with Gasteiger partial charge in [0, 0.05) is 19.2 Å². The van der Waals surface area contributed by atoms with Crippen LogP contribution < -0.4 is 5.32 Å². The van der Waals surface area contributed by atoms with Crippen LogP contribution in [0.4, 0.5) is 5.69 Å². The first-order valence-corrected chi connectivity index (χ1v) is 8.89. The summed E-state index contributed by atoms with van der Waals surface area (Å²) in [7, 11) is 1.48. The third-order valence-corrected chi connectivity index (χ3v) is 4.87. The Kier molecular flexibility index (Phi) is 5.68. The zero-order valence-corrected chi connectivity index (χ0v) is 15.9. The third-order valence-electron chi connectivity index (χ3n) is 4.13. The second-order valence-electron chi connectivity index (χ2n) is 6.13. The summed E-state index contributed by atoms with van der Waals surface area (Å²) in [4.78, 5) is 38.0. The van der Waals surface area contributed by atoms with E-state index in [-0.39, 0.29) is 13.0 Å². The Morgan fingerprint density at radius 2 is 1.93 bits per heavy atom. The molecule has 1 N–H and O–H groups in total. The first kappa shape index (κ1) is 19.2. The van der Waals surface area contributed by atoms with Crippen molar-refractivity contribution in [1.82, 2.24) is 4.90 Å². The van der Waals surface area contributed by atoms with Crippen LogP contribution in [-0.2, 0) is 20.7 Å². The van der Waals surface area contributed by atoms with Gasteiger partial charge in [-0.3, -0.25) is 9.59 Å². The number of anilines is 1. The second-order valence-corrected chi connectivity index (χ2v) is 6.94. The summed E-state index contributed by atoms with van der Waals surface area (Å²) in [6, 6.07) is 11.7. The van der Waals surface area contributed by atoms with Crippen LogP contribution in [0.15, 0.2) is 42.5 Å². The number of esters is 1. The van der Waals surface area contributed by atoms with Crippen LogP contribution in [-0.4, -0.2) is 42.4 Å². The molecule has 1 aliphatic heterocycles. The molecule has 1 unspecified atom stereocenters. The fraction of sp³-hybridized carbons (Fsp3) is 0.211. The second kappa shape index (κ2) is 7.98. The van der Waals surface area contributed by atoms with E-state index in [1.165, 1.54) is 18.0 Å². The van der Waals surface area contributed by atoms with Crippen LogP contribution in [0.2, 0.25) is 10.0 Å². The molecule has 1 atom stereocenters.